The minimum absolute atomic E-state index is 0.200. The van der Waals surface area contributed by atoms with Crippen LogP contribution < -0.4 is 0 Å². The Balaban J connectivity index is 4.04. The van der Waals surface area contributed by atoms with Gasteiger partial charge in [-0.2, -0.15) is 0 Å². The summed E-state index contributed by atoms with van der Waals surface area (Å²) in [7, 11) is 0. The Morgan fingerprint density at radius 1 is 1.00 bits per heavy atom. The number of carbonyl (C=O) groups is 1. The fraction of sp³-hybridized carbons (Fsp3) is 0.812. The lowest BCUT2D eigenvalue weighted by Gasteiger charge is -2.12. The van der Waals surface area contributed by atoms with Gasteiger partial charge in [0.25, 0.3) is 0 Å². The van der Waals surface area contributed by atoms with Gasteiger partial charge >= 0.3 is 5.97 Å². The summed E-state index contributed by atoms with van der Waals surface area (Å²) in [6.07, 6.45) is 13.7. The minimum Gasteiger partial charge on any atom is -0.463 e. The Morgan fingerprint density at radius 2 is 1.56 bits per heavy atom. The highest BCUT2D eigenvalue weighted by Gasteiger charge is 2.05. The van der Waals surface area contributed by atoms with Crippen LogP contribution >= 0.6 is 0 Å². The number of hydrogen-bond donors (Lipinski definition) is 0. The molecule has 0 radical (unpaired) electrons. The molecule has 0 aliphatic heterocycles. The van der Waals surface area contributed by atoms with E-state index in [-0.39, 0.29) is 5.97 Å². The summed E-state index contributed by atoms with van der Waals surface area (Å²) in [6, 6.07) is 0. The predicted molar refractivity (Wildman–Crippen MR) is 77.5 cm³/mol. The maximum absolute atomic E-state index is 11.3. The molecule has 0 amide bonds. The van der Waals surface area contributed by atoms with E-state index in [1.54, 1.807) is 6.08 Å². The molecule has 2 heteroatoms. The fourth-order valence-corrected chi connectivity index (χ4v) is 2.05. The zero-order chi connectivity index (χ0) is 13.6. The molecule has 0 N–H and O–H groups in total. The number of unbranched alkanes of at least 4 members (excludes halogenated alkanes) is 4. The second kappa shape index (κ2) is 12.7. The number of rotatable bonds is 11. The number of esters is 1. The van der Waals surface area contributed by atoms with E-state index in [1.165, 1.54) is 51.4 Å². The molecule has 0 aliphatic rings. The topological polar surface area (TPSA) is 26.3 Å². The Bertz CT molecular complexity index is 211. The van der Waals surface area contributed by atoms with Crippen LogP contribution in [0, 0.1) is 5.92 Å². The Hall–Kier alpha value is -0.790. The maximum atomic E-state index is 11.3. The second-order valence-corrected chi connectivity index (χ2v) is 4.86. The Labute approximate surface area is 113 Å². The van der Waals surface area contributed by atoms with E-state index in [0.29, 0.717) is 12.5 Å². The van der Waals surface area contributed by atoms with Crippen LogP contribution in [-0.4, -0.2) is 12.6 Å². The van der Waals surface area contributed by atoms with Crippen LogP contribution in [0.25, 0.3) is 0 Å². The SMILES string of the molecule is CCCCCC(C=CC(=O)OCC)CCCCC. The van der Waals surface area contributed by atoms with E-state index in [2.05, 4.69) is 19.9 Å². The summed E-state index contributed by atoms with van der Waals surface area (Å²) < 4.78 is 4.92. The van der Waals surface area contributed by atoms with Gasteiger partial charge in [-0.15, -0.1) is 0 Å². The zero-order valence-electron chi connectivity index (χ0n) is 12.4. The van der Waals surface area contributed by atoms with Gasteiger partial charge < -0.3 is 4.74 Å². The molecule has 106 valence electrons. The van der Waals surface area contributed by atoms with E-state index in [9.17, 15) is 4.79 Å². The molecule has 0 aliphatic carbocycles. The average molecular weight is 254 g/mol. The Morgan fingerprint density at radius 3 is 2.00 bits per heavy atom. The van der Waals surface area contributed by atoms with Crippen LogP contribution in [0.5, 0.6) is 0 Å². The third-order valence-electron chi connectivity index (χ3n) is 3.15. The van der Waals surface area contributed by atoms with Crippen LogP contribution in [-0.2, 0) is 9.53 Å². The van der Waals surface area contributed by atoms with Crippen molar-refractivity contribution in [3.8, 4) is 0 Å². The van der Waals surface area contributed by atoms with Gasteiger partial charge in [-0.05, 0) is 25.7 Å². The highest BCUT2D eigenvalue weighted by atomic mass is 16.5. The number of ether oxygens (including phenoxy) is 1. The third-order valence-corrected chi connectivity index (χ3v) is 3.15. The van der Waals surface area contributed by atoms with Gasteiger partial charge in [-0.1, -0.05) is 58.4 Å². The molecule has 0 aromatic rings. The molecular formula is C16H30O2. The molecule has 0 aromatic heterocycles. The van der Waals surface area contributed by atoms with Crippen LogP contribution in [0.1, 0.15) is 72.1 Å². The highest BCUT2D eigenvalue weighted by Crippen LogP contribution is 2.18. The van der Waals surface area contributed by atoms with E-state index in [0.717, 1.165) is 0 Å². The average Bonchev–Trinajstić information content (AvgIpc) is 2.36. The molecule has 2 nitrogen and oxygen atoms in total. The van der Waals surface area contributed by atoms with Crippen LogP contribution in [0.15, 0.2) is 12.2 Å². The van der Waals surface area contributed by atoms with E-state index in [1.807, 2.05) is 6.92 Å². The van der Waals surface area contributed by atoms with Crippen molar-refractivity contribution in [2.24, 2.45) is 5.92 Å². The standard InChI is InChI=1S/C16H30O2/c1-4-7-9-11-15(12-10-8-5-2)13-14-16(17)18-6-3/h13-15H,4-12H2,1-3H3. The van der Waals surface area contributed by atoms with Gasteiger partial charge in [0.05, 0.1) is 6.61 Å². The van der Waals surface area contributed by atoms with Crippen molar-refractivity contribution in [2.45, 2.75) is 72.1 Å². The number of allylic oxidation sites excluding steroid dienone is 1. The summed E-state index contributed by atoms with van der Waals surface area (Å²) in [5, 5.41) is 0. The molecule has 0 fully saturated rings. The van der Waals surface area contributed by atoms with Gasteiger partial charge in [0.1, 0.15) is 0 Å². The lowest BCUT2D eigenvalue weighted by atomic mass is 9.94. The van der Waals surface area contributed by atoms with Crippen LogP contribution in [0.2, 0.25) is 0 Å². The predicted octanol–water partition coefficient (Wildman–Crippen LogP) is 4.88. The third kappa shape index (κ3) is 10.4. The van der Waals surface area contributed by atoms with Gasteiger partial charge in [-0.25, -0.2) is 4.79 Å². The van der Waals surface area contributed by atoms with Gasteiger partial charge in [-0.3, -0.25) is 0 Å². The minimum atomic E-state index is -0.200. The number of carbonyl (C=O) groups excluding carboxylic acids is 1. The highest BCUT2D eigenvalue weighted by molar-refractivity contribution is 5.81. The molecule has 0 heterocycles. The first-order valence-electron chi connectivity index (χ1n) is 7.59. The monoisotopic (exact) mass is 254 g/mol. The molecule has 0 saturated carbocycles. The summed E-state index contributed by atoms with van der Waals surface area (Å²) in [5.74, 6) is 0.348. The van der Waals surface area contributed by atoms with Gasteiger partial charge in [0.2, 0.25) is 0 Å². The van der Waals surface area contributed by atoms with Crippen molar-refractivity contribution in [1.29, 1.82) is 0 Å². The van der Waals surface area contributed by atoms with E-state index < -0.39 is 0 Å². The van der Waals surface area contributed by atoms with Gasteiger partial charge in [0, 0.05) is 6.08 Å². The normalized spacial score (nSPS) is 11.3. The number of hydrogen-bond acceptors (Lipinski definition) is 2. The molecule has 0 saturated heterocycles. The molecule has 0 rings (SSSR count). The first-order valence-corrected chi connectivity index (χ1v) is 7.59. The molecule has 0 unspecified atom stereocenters. The molecule has 0 spiro atoms. The van der Waals surface area contributed by atoms with E-state index >= 15 is 0 Å². The second-order valence-electron chi connectivity index (χ2n) is 4.86. The van der Waals surface area contributed by atoms with Crippen molar-refractivity contribution in [1.82, 2.24) is 0 Å². The summed E-state index contributed by atoms with van der Waals surface area (Å²) >= 11 is 0. The zero-order valence-corrected chi connectivity index (χ0v) is 12.4. The quantitative estimate of drug-likeness (QED) is 0.298. The summed E-state index contributed by atoms with van der Waals surface area (Å²) in [6.45, 7) is 6.74. The smallest absolute Gasteiger partial charge is 0.330 e. The molecule has 18 heavy (non-hydrogen) atoms. The Kier molecular flexibility index (Phi) is 12.1. The molecule has 0 atom stereocenters. The van der Waals surface area contributed by atoms with Crippen molar-refractivity contribution in [3.05, 3.63) is 12.2 Å². The van der Waals surface area contributed by atoms with Crippen LogP contribution in [0.3, 0.4) is 0 Å². The van der Waals surface area contributed by atoms with Crippen LogP contribution in [0.4, 0.5) is 0 Å². The maximum Gasteiger partial charge on any atom is 0.330 e. The first-order chi connectivity index (χ1) is 8.74. The lowest BCUT2D eigenvalue weighted by Crippen LogP contribution is -2.02. The lowest BCUT2D eigenvalue weighted by molar-refractivity contribution is -0.137. The largest absolute Gasteiger partial charge is 0.463 e. The molecular weight excluding hydrogens is 224 g/mol. The molecule has 0 aromatic carbocycles. The van der Waals surface area contributed by atoms with Crippen molar-refractivity contribution in [2.75, 3.05) is 6.61 Å². The van der Waals surface area contributed by atoms with E-state index in [4.69, 9.17) is 4.74 Å². The summed E-state index contributed by atoms with van der Waals surface area (Å²) in [4.78, 5) is 11.3. The van der Waals surface area contributed by atoms with Crippen molar-refractivity contribution < 1.29 is 9.53 Å². The van der Waals surface area contributed by atoms with Crippen molar-refractivity contribution in [3.63, 3.8) is 0 Å². The van der Waals surface area contributed by atoms with Gasteiger partial charge in [0.15, 0.2) is 0 Å². The summed E-state index contributed by atoms with van der Waals surface area (Å²) in [5.41, 5.74) is 0. The molecule has 0 bridgehead atoms. The fourth-order valence-electron chi connectivity index (χ4n) is 2.05. The van der Waals surface area contributed by atoms with Crippen molar-refractivity contribution >= 4 is 5.97 Å². The first kappa shape index (κ1) is 17.2.